The van der Waals surface area contributed by atoms with Crippen LogP contribution in [0.25, 0.3) is 0 Å². The van der Waals surface area contributed by atoms with Crippen LogP contribution in [0, 0.1) is 5.92 Å². The summed E-state index contributed by atoms with van der Waals surface area (Å²) >= 11 is 11.8. The van der Waals surface area contributed by atoms with Crippen molar-refractivity contribution in [2.75, 3.05) is 11.5 Å². The molecule has 1 N–H and O–H groups in total. The van der Waals surface area contributed by atoms with Gasteiger partial charge in [0.15, 0.2) is 9.84 Å². The third-order valence-electron chi connectivity index (χ3n) is 3.49. The first-order valence-electron chi connectivity index (χ1n) is 6.76. The summed E-state index contributed by atoms with van der Waals surface area (Å²) in [7, 11) is -2.97. The van der Waals surface area contributed by atoms with Gasteiger partial charge in [-0.2, -0.15) is 5.10 Å². The van der Waals surface area contributed by atoms with Gasteiger partial charge in [0.25, 0.3) is 0 Å². The molecule has 1 saturated heterocycles. The number of rotatable bonds is 4. The Morgan fingerprint density at radius 1 is 1.36 bits per heavy atom. The fraction of sp³-hybridized carbons (Fsp3) is 0.429. The normalized spacial score (nSPS) is 20.9. The van der Waals surface area contributed by atoms with Crippen molar-refractivity contribution in [2.24, 2.45) is 11.0 Å². The number of halogens is 2. The average molecular weight is 363 g/mol. The van der Waals surface area contributed by atoms with Gasteiger partial charge in [0.2, 0.25) is 5.91 Å². The SMILES string of the molecule is C/C(=N/NC(=O)C[C@@H]1CCS(=O)(=O)C1)c1ccc(Cl)c(Cl)c1. The van der Waals surface area contributed by atoms with Crippen LogP contribution < -0.4 is 5.43 Å². The Bertz CT molecular complexity index is 717. The molecule has 1 aliphatic heterocycles. The highest BCUT2D eigenvalue weighted by Gasteiger charge is 2.29. The number of carbonyl (C=O) groups excluding carboxylic acids is 1. The highest BCUT2D eigenvalue weighted by Crippen LogP contribution is 2.23. The van der Waals surface area contributed by atoms with Gasteiger partial charge in [-0.05, 0) is 37.0 Å². The highest BCUT2D eigenvalue weighted by molar-refractivity contribution is 7.91. The topological polar surface area (TPSA) is 75.6 Å². The van der Waals surface area contributed by atoms with E-state index in [1.165, 1.54) is 0 Å². The highest BCUT2D eigenvalue weighted by atomic mass is 35.5. The van der Waals surface area contributed by atoms with E-state index in [4.69, 9.17) is 23.2 Å². The Balaban J connectivity index is 1.93. The molecule has 1 heterocycles. The zero-order valence-corrected chi connectivity index (χ0v) is 14.3. The Hall–Kier alpha value is -1.11. The van der Waals surface area contributed by atoms with Crippen molar-refractivity contribution in [3.8, 4) is 0 Å². The third-order valence-corrected chi connectivity index (χ3v) is 6.06. The second kappa shape index (κ2) is 6.98. The van der Waals surface area contributed by atoms with Crippen molar-refractivity contribution >= 4 is 44.7 Å². The minimum absolute atomic E-state index is 0.0793. The Morgan fingerprint density at radius 3 is 2.68 bits per heavy atom. The summed E-state index contributed by atoms with van der Waals surface area (Å²) in [5, 5.41) is 4.87. The first-order valence-corrected chi connectivity index (χ1v) is 9.33. The predicted molar refractivity (Wildman–Crippen MR) is 88.2 cm³/mol. The maximum atomic E-state index is 11.8. The lowest BCUT2D eigenvalue weighted by molar-refractivity contribution is -0.121. The van der Waals surface area contributed by atoms with Crippen LogP contribution in [0.5, 0.6) is 0 Å². The second-order valence-electron chi connectivity index (χ2n) is 5.33. The van der Waals surface area contributed by atoms with E-state index in [-0.39, 0.29) is 29.8 Å². The van der Waals surface area contributed by atoms with Gasteiger partial charge in [-0.3, -0.25) is 4.79 Å². The van der Waals surface area contributed by atoms with Crippen LogP contribution in [-0.2, 0) is 14.6 Å². The molecule has 1 atom stereocenters. The molecular weight excluding hydrogens is 347 g/mol. The number of hydrogen-bond acceptors (Lipinski definition) is 4. The Labute approximate surface area is 139 Å². The zero-order chi connectivity index (χ0) is 16.3. The molecule has 0 bridgehead atoms. The summed E-state index contributed by atoms with van der Waals surface area (Å²) in [4.78, 5) is 11.8. The number of amides is 1. The molecular formula is C14H16Cl2N2O3S. The summed E-state index contributed by atoms with van der Waals surface area (Å²) < 4.78 is 22.7. The molecule has 0 aliphatic carbocycles. The van der Waals surface area contributed by atoms with Crippen molar-refractivity contribution in [3.63, 3.8) is 0 Å². The quantitative estimate of drug-likeness (QED) is 0.660. The van der Waals surface area contributed by atoms with Crippen LogP contribution >= 0.6 is 23.2 Å². The van der Waals surface area contributed by atoms with Gasteiger partial charge in [-0.15, -0.1) is 0 Å². The lowest BCUT2D eigenvalue weighted by atomic mass is 10.1. The molecule has 1 amide bonds. The van der Waals surface area contributed by atoms with Gasteiger partial charge in [-0.1, -0.05) is 29.3 Å². The van der Waals surface area contributed by atoms with E-state index in [9.17, 15) is 13.2 Å². The standard InChI is InChI=1S/C14H16Cl2N2O3S/c1-9(11-2-3-12(15)13(16)7-11)17-18-14(19)6-10-4-5-22(20,21)8-10/h2-3,7,10H,4-6,8H2,1H3,(H,18,19)/b17-9-/t10-/m0/s1. The fourth-order valence-corrected chi connectivity index (χ4v) is 4.43. The van der Waals surface area contributed by atoms with Crippen molar-refractivity contribution in [1.82, 2.24) is 5.43 Å². The molecule has 22 heavy (non-hydrogen) atoms. The smallest absolute Gasteiger partial charge is 0.240 e. The fourth-order valence-electron chi connectivity index (χ4n) is 2.27. The number of nitrogens with one attached hydrogen (secondary N) is 1. The monoisotopic (exact) mass is 362 g/mol. The summed E-state index contributed by atoms with van der Waals surface area (Å²) in [6, 6.07) is 5.07. The molecule has 120 valence electrons. The van der Waals surface area contributed by atoms with Crippen molar-refractivity contribution in [3.05, 3.63) is 33.8 Å². The first kappa shape index (κ1) is 17.2. The maximum absolute atomic E-state index is 11.8. The molecule has 1 aromatic rings. The molecule has 0 saturated carbocycles. The molecule has 8 heteroatoms. The molecule has 1 aromatic carbocycles. The number of carbonyl (C=O) groups is 1. The van der Waals surface area contributed by atoms with Crippen LogP contribution in [0.1, 0.15) is 25.3 Å². The van der Waals surface area contributed by atoms with Crippen molar-refractivity contribution < 1.29 is 13.2 Å². The van der Waals surface area contributed by atoms with Crippen LogP contribution in [0.3, 0.4) is 0 Å². The molecule has 0 spiro atoms. The number of hydrazone groups is 1. The first-order chi connectivity index (χ1) is 10.3. The molecule has 1 aliphatic rings. The zero-order valence-electron chi connectivity index (χ0n) is 12.0. The summed E-state index contributed by atoms with van der Waals surface area (Å²) in [6.45, 7) is 1.74. The van der Waals surface area contributed by atoms with E-state index in [0.29, 0.717) is 22.2 Å². The number of nitrogens with zero attached hydrogens (tertiary/aromatic N) is 1. The molecule has 2 rings (SSSR count). The van der Waals surface area contributed by atoms with E-state index in [1.807, 2.05) is 0 Å². The van der Waals surface area contributed by atoms with Gasteiger partial charge >= 0.3 is 0 Å². The number of hydrogen-bond donors (Lipinski definition) is 1. The van der Waals surface area contributed by atoms with Gasteiger partial charge in [-0.25, -0.2) is 13.8 Å². The van der Waals surface area contributed by atoms with Gasteiger partial charge in [0.05, 0.1) is 27.3 Å². The van der Waals surface area contributed by atoms with E-state index in [0.717, 1.165) is 5.56 Å². The van der Waals surface area contributed by atoms with E-state index >= 15 is 0 Å². The molecule has 0 aromatic heterocycles. The van der Waals surface area contributed by atoms with Crippen molar-refractivity contribution in [1.29, 1.82) is 0 Å². The van der Waals surface area contributed by atoms with Gasteiger partial charge in [0, 0.05) is 6.42 Å². The summed E-state index contributed by atoms with van der Waals surface area (Å²) in [5.74, 6) is -0.168. The average Bonchev–Trinajstić information content (AvgIpc) is 2.78. The second-order valence-corrected chi connectivity index (χ2v) is 8.38. The summed E-state index contributed by atoms with van der Waals surface area (Å²) in [5.41, 5.74) is 3.78. The van der Waals surface area contributed by atoms with E-state index in [2.05, 4.69) is 10.5 Å². The minimum Gasteiger partial charge on any atom is -0.273 e. The molecule has 1 fully saturated rings. The Kier molecular flexibility index (Phi) is 5.47. The molecule has 5 nitrogen and oxygen atoms in total. The Morgan fingerprint density at radius 2 is 2.09 bits per heavy atom. The molecule has 0 radical (unpaired) electrons. The van der Waals surface area contributed by atoms with Gasteiger partial charge < -0.3 is 0 Å². The largest absolute Gasteiger partial charge is 0.273 e. The lowest BCUT2D eigenvalue weighted by Crippen LogP contribution is -2.22. The lowest BCUT2D eigenvalue weighted by Gasteiger charge is -2.07. The number of benzene rings is 1. The van der Waals surface area contributed by atoms with Crippen LogP contribution in [0.15, 0.2) is 23.3 Å². The van der Waals surface area contributed by atoms with Gasteiger partial charge in [0.1, 0.15) is 0 Å². The number of sulfone groups is 1. The van der Waals surface area contributed by atoms with E-state index in [1.54, 1.807) is 25.1 Å². The maximum Gasteiger partial charge on any atom is 0.240 e. The van der Waals surface area contributed by atoms with Crippen molar-refractivity contribution in [2.45, 2.75) is 19.8 Å². The van der Waals surface area contributed by atoms with Crippen LogP contribution in [0.2, 0.25) is 10.0 Å². The van der Waals surface area contributed by atoms with E-state index < -0.39 is 9.84 Å². The summed E-state index contributed by atoms with van der Waals surface area (Å²) in [6.07, 6.45) is 0.697. The predicted octanol–water partition coefficient (Wildman–Crippen LogP) is 2.66. The minimum atomic E-state index is -2.97. The van der Waals surface area contributed by atoms with Crippen LogP contribution in [-0.4, -0.2) is 31.5 Å². The molecule has 0 unspecified atom stereocenters. The van der Waals surface area contributed by atoms with Crippen LogP contribution in [0.4, 0.5) is 0 Å². The third kappa shape index (κ3) is 4.69.